The topological polar surface area (TPSA) is 97.7 Å². The molecule has 1 aromatic carbocycles. The minimum atomic E-state index is -2.36. The van der Waals surface area contributed by atoms with Crippen molar-refractivity contribution in [2.24, 2.45) is 0 Å². The predicted octanol–water partition coefficient (Wildman–Crippen LogP) is 4.66. The van der Waals surface area contributed by atoms with E-state index in [0.717, 1.165) is 5.75 Å². The number of thioether (sulfide) groups is 2. The predicted molar refractivity (Wildman–Crippen MR) is 133 cm³/mol. The van der Waals surface area contributed by atoms with E-state index < -0.39 is 52.0 Å². The zero-order valence-corrected chi connectivity index (χ0v) is 22.4. The summed E-state index contributed by atoms with van der Waals surface area (Å²) in [6, 6.07) is 2.19. The van der Waals surface area contributed by atoms with E-state index in [1.165, 1.54) is 23.5 Å². The van der Waals surface area contributed by atoms with Gasteiger partial charge in [0.15, 0.2) is 0 Å². The average molecular weight is 589 g/mol. The lowest BCUT2D eigenvalue weighted by molar-refractivity contribution is -0.136. The molecule has 0 heterocycles. The first-order chi connectivity index (χ1) is 17.5. The van der Waals surface area contributed by atoms with Crippen molar-refractivity contribution in [1.82, 2.24) is 5.32 Å². The lowest BCUT2D eigenvalue weighted by Crippen LogP contribution is -2.30. The highest BCUT2D eigenvalue weighted by Crippen LogP contribution is 2.34. The summed E-state index contributed by atoms with van der Waals surface area (Å²) in [5.41, 5.74) is 0. The summed E-state index contributed by atoms with van der Waals surface area (Å²) >= 11 is 7.94. The molecule has 0 fully saturated rings. The molecule has 0 aliphatic carbocycles. The maximum Gasteiger partial charge on any atom is 0.313 e. The average Bonchev–Trinajstić information content (AvgIpc) is 2.86. The van der Waals surface area contributed by atoms with Gasteiger partial charge >= 0.3 is 5.97 Å². The maximum atomic E-state index is 13.5. The normalized spacial score (nSPS) is 12.5. The molecule has 206 valence electrons. The van der Waals surface area contributed by atoms with Gasteiger partial charge in [-0.25, -0.2) is 13.2 Å². The third-order valence-electron chi connectivity index (χ3n) is 4.41. The first-order valence-corrected chi connectivity index (χ1v) is 13.1. The molecule has 1 amide bonds. The Bertz CT molecular complexity index is 983. The van der Waals surface area contributed by atoms with Crippen molar-refractivity contribution in [2.75, 3.05) is 38.7 Å². The SMILES string of the molecule is CCSC(=S)SC(C)(C#N)CCC(=O)NCCOCCOCCC(=O)Oc1c(F)c(F)c(F)c(F)c1F. The number of nitriles is 1. The van der Waals surface area contributed by atoms with Crippen LogP contribution in [-0.2, 0) is 19.1 Å². The number of rotatable bonds is 15. The van der Waals surface area contributed by atoms with Gasteiger partial charge in [0, 0.05) is 13.0 Å². The van der Waals surface area contributed by atoms with Crippen LogP contribution in [0.3, 0.4) is 0 Å². The summed E-state index contributed by atoms with van der Waals surface area (Å²) in [5, 5.41) is 12.1. The zero-order valence-electron chi connectivity index (χ0n) is 20.0. The molecule has 1 unspecified atom stereocenters. The standard InChI is InChI=1S/C22H25F5N2O5S3/c1-3-36-21(35)37-22(2,12-28)6-4-13(30)29-7-9-33-11-10-32-8-5-14(31)34-20-18(26)16(24)15(23)17(25)19(20)27/h3-11H2,1-2H3,(H,29,30). The summed E-state index contributed by atoms with van der Waals surface area (Å²) in [6.45, 7) is 3.93. The molecule has 0 aliphatic heterocycles. The van der Waals surface area contributed by atoms with Crippen LogP contribution in [0.2, 0.25) is 0 Å². The second-order valence-corrected chi connectivity index (χ2v) is 11.3. The minimum absolute atomic E-state index is 0.0250. The molecule has 37 heavy (non-hydrogen) atoms. The van der Waals surface area contributed by atoms with Gasteiger partial charge in [0.05, 0.1) is 38.9 Å². The smallest absolute Gasteiger partial charge is 0.313 e. The molecule has 7 nitrogen and oxygen atoms in total. The van der Waals surface area contributed by atoms with Crippen molar-refractivity contribution in [2.45, 2.75) is 37.9 Å². The van der Waals surface area contributed by atoms with Crippen LogP contribution in [0.5, 0.6) is 5.75 Å². The Hall–Kier alpha value is -1.99. The number of esters is 1. The van der Waals surface area contributed by atoms with Crippen LogP contribution in [0.4, 0.5) is 22.0 Å². The lowest BCUT2D eigenvalue weighted by atomic mass is 10.1. The number of ether oxygens (including phenoxy) is 3. The molecule has 1 aromatic rings. The fourth-order valence-corrected chi connectivity index (χ4v) is 5.38. The van der Waals surface area contributed by atoms with E-state index in [0.29, 0.717) is 9.95 Å². The van der Waals surface area contributed by atoms with Gasteiger partial charge in [-0.1, -0.05) is 30.9 Å². The Kier molecular flexibility index (Phi) is 15.0. The Morgan fingerprint density at radius 3 is 2.11 bits per heavy atom. The quantitative estimate of drug-likeness (QED) is 0.0597. The van der Waals surface area contributed by atoms with Crippen molar-refractivity contribution >= 4 is 51.1 Å². The van der Waals surface area contributed by atoms with Crippen LogP contribution in [0.15, 0.2) is 0 Å². The largest absolute Gasteiger partial charge is 0.420 e. The van der Waals surface area contributed by atoms with Gasteiger partial charge in [0.1, 0.15) is 8.28 Å². The summed E-state index contributed by atoms with van der Waals surface area (Å²) in [6.07, 6.45) is -0.0517. The van der Waals surface area contributed by atoms with Gasteiger partial charge in [-0.3, -0.25) is 9.59 Å². The lowest BCUT2D eigenvalue weighted by Gasteiger charge is -2.20. The summed E-state index contributed by atoms with van der Waals surface area (Å²) in [4.78, 5) is 23.6. The second-order valence-electron chi connectivity index (χ2n) is 7.33. The molecule has 1 N–H and O–H groups in total. The molecule has 1 rings (SSSR count). The molecule has 0 saturated heterocycles. The van der Waals surface area contributed by atoms with E-state index in [1.54, 1.807) is 6.92 Å². The van der Waals surface area contributed by atoms with Crippen molar-refractivity contribution in [3.05, 3.63) is 29.1 Å². The number of nitrogens with one attached hydrogen (secondary N) is 1. The summed E-state index contributed by atoms with van der Waals surface area (Å²) < 4.78 is 80.6. The number of nitrogens with zero attached hydrogens (tertiary/aromatic N) is 1. The molecule has 0 aliphatic rings. The Morgan fingerprint density at radius 2 is 1.54 bits per heavy atom. The molecular formula is C22H25F5N2O5S3. The maximum absolute atomic E-state index is 13.5. The molecule has 0 bridgehead atoms. The molecule has 0 saturated carbocycles. The van der Waals surface area contributed by atoms with E-state index in [1.807, 2.05) is 6.92 Å². The van der Waals surface area contributed by atoms with Crippen LogP contribution in [-0.4, -0.2) is 58.9 Å². The highest BCUT2D eigenvalue weighted by molar-refractivity contribution is 8.47. The van der Waals surface area contributed by atoms with Gasteiger partial charge in [0.25, 0.3) is 0 Å². The number of amides is 1. The van der Waals surface area contributed by atoms with E-state index in [2.05, 4.69) is 16.1 Å². The first-order valence-electron chi connectivity index (χ1n) is 10.9. The van der Waals surface area contributed by atoms with Crippen molar-refractivity contribution in [3.8, 4) is 11.8 Å². The number of hydrogen-bond donors (Lipinski definition) is 1. The number of halogens is 5. The van der Waals surface area contributed by atoms with Crippen LogP contribution in [0.1, 0.15) is 33.1 Å². The van der Waals surface area contributed by atoms with Gasteiger partial charge in [-0.15, -0.1) is 11.8 Å². The molecule has 15 heteroatoms. The number of hydrogen-bond acceptors (Lipinski definition) is 9. The van der Waals surface area contributed by atoms with Gasteiger partial charge in [0.2, 0.25) is 40.7 Å². The molecule has 1 atom stereocenters. The summed E-state index contributed by atoms with van der Waals surface area (Å²) in [7, 11) is 0. The number of thiocarbonyl (C=S) groups is 1. The van der Waals surface area contributed by atoms with Crippen LogP contribution >= 0.6 is 35.7 Å². The third kappa shape index (κ3) is 11.5. The fourth-order valence-electron chi connectivity index (χ4n) is 2.48. The van der Waals surface area contributed by atoms with Gasteiger partial charge in [-0.05, 0) is 19.1 Å². The number of carbonyl (C=O) groups excluding carboxylic acids is 2. The van der Waals surface area contributed by atoms with Crippen LogP contribution in [0.25, 0.3) is 0 Å². The minimum Gasteiger partial charge on any atom is -0.420 e. The van der Waals surface area contributed by atoms with Gasteiger partial charge in [-0.2, -0.15) is 14.0 Å². The monoisotopic (exact) mass is 588 g/mol. The van der Waals surface area contributed by atoms with Crippen molar-refractivity contribution in [1.29, 1.82) is 5.26 Å². The Labute approximate surface area is 224 Å². The van der Waals surface area contributed by atoms with Crippen LogP contribution < -0.4 is 10.1 Å². The summed E-state index contributed by atoms with van der Waals surface area (Å²) in [5.74, 6) is -13.7. The zero-order chi connectivity index (χ0) is 28.0. The molecule has 0 aromatic heterocycles. The molecular weight excluding hydrogens is 563 g/mol. The first kappa shape index (κ1) is 33.0. The highest BCUT2D eigenvalue weighted by atomic mass is 32.2. The van der Waals surface area contributed by atoms with Crippen molar-refractivity contribution in [3.63, 3.8) is 0 Å². The van der Waals surface area contributed by atoms with E-state index >= 15 is 0 Å². The highest BCUT2D eigenvalue weighted by Gasteiger charge is 2.29. The third-order valence-corrected chi connectivity index (χ3v) is 7.06. The Balaban J connectivity index is 2.18. The van der Waals surface area contributed by atoms with Gasteiger partial charge < -0.3 is 19.5 Å². The van der Waals surface area contributed by atoms with Crippen LogP contribution in [0, 0.1) is 40.4 Å². The second kappa shape index (κ2) is 16.8. The number of benzene rings is 1. The van der Waals surface area contributed by atoms with Crippen molar-refractivity contribution < 1.29 is 45.8 Å². The number of carbonyl (C=O) groups is 2. The van der Waals surface area contributed by atoms with E-state index in [9.17, 15) is 36.8 Å². The molecule has 0 spiro atoms. The van der Waals surface area contributed by atoms with E-state index in [-0.39, 0.29) is 45.3 Å². The fraction of sp³-hybridized carbons (Fsp3) is 0.545. The Morgan fingerprint density at radius 1 is 0.973 bits per heavy atom. The van der Waals surface area contributed by atoms with E-state index in [4.69, 9.17) is 21.7 Å². The molecule has 0 radical (unpaired) electrons.